The molecule has 6 nitrogen and oxygen atoms in total. The number of para-hydroxylation sites is 2. The van der Waals surface area contributed by atoms with E-state index >= 15 is 0 Å². The molecular formula is C10H10N6S2. The summed E-state index contributed by atoms with van der Waals surface area (Å²) in [6.07, 6.45) is 0. The Labute approximate surface area is 112 Å². The van der Waals surface area contributed by atoms with E-state index < -0.39 is 0 Å². The third-order valence-electron chi connectivity index (χ3n) is 2.48. The highest BCUT2D eigenvalue weighted by Gasteiger charge is 2.07. The van der Waals surface area contributed by atoms with Gasteiger partial charge in [0, 0.05) is 0 Å². The molecular weight excluding hydrogens is 268 g/mol. The summed E-state index contributed by atoms with van der Waals surface area (Å²) in [7, 11) is 0. The normalized spacial score (nSPS) is 11.1. The Hall–Kier alpha value is -1.80. The Kier molecular flexibility index (Phi) is 2.80. The van der Waals surface area contributed by atoms with Gasteiger partial charge in [0.05, 0.1) is 16.8 Å². The molecule has 0 amide bonds. The molecule has 0 atom stereocenters. The molecule has 3 aromatic rings. The number of nitrogens with zero attached hydrogens (tertiary/aromatic N) is 3. The SMILES string of the molecule is Nn1c(CSc2nc3ccccc3[nH]2)n[nH]c1=S. The zero-order valence-corrected chi connectivity index (χ0v) is 10.9. The molecule has 0 bridgehead atoms. The van der Waals surface area contributed by atoms with Crippen molar-refractivity contribution in [1.29, 1.82) is 0 Å². The van der Waals surface area contributed by atoms with Crippen LogP contribution in [0, 0.1) is 4.77 Å². The number of aromatic nitrogens is 5. The summed E-state index contributed by atoms with van der Waals surface area (Å²) >= 11 is 6.48. The molecule has 2 heterocycles. The van der Waals surface area contributed by atoms with Crippen LogP contribution in [-0.4, -0.2) is 24.8 Å². The van der Waals surface area contributed by atoms with Gasteiger partial charge in [0.25, 0.3) is 0 Å². The topological polar surface area (TPSA) is 88.3 Å². The van der Waals surface area contributed by atoms with Crippen molar-refractivity contribution in [2.24, 2.45) is 0 Å². The highest BCUT2D eigenvalue weighted by Crippen LogP contribution is 2.21. The number of rotatable bonds is 3. The van der Waals surface area contributed by atoms with Crippen LogP contribution in [0.1, 0.15) is 5.82 Å². The van der Waals surface area contributed by atoms with Gasteiger partial charge in [-0.05, 0) is 24.4 Å². The van der Waals surface area contributed by atoms with Crippen molar-refractivity contribution >= 4 is 35.0 Å². The second-order valence-corrected chi connectivity index (χ2v) is 5.01. The maximum Gasteiger partial charge on any atom is 0.214 e. The summed E-state index contributed by atoms with van der Waals surface area (Å²) in [5.41, 5.74) is 1.97. The number of thioether (sulfide) groups is 1. The van der Waals surface area contributed by atoms with E-state index in [1.54, 1.807) is 0 Å². The molecule has 0 unspecified atom stereocenters. The lowest BCUT2D eigenvalue weighted by Gasteiger charge is -1.97. The third kappa shape index (κ3) is 2.00. The maximum absolute atomic E-state index is 5.72. The zero-order valence-electron chi connectivity index (χ0n) is 9.25. The quantitative estimate of drug-likeness (QED) is 0.386. The number of aromatic amines is 2. The number of nitrogen functional groups attached to an aromatic ring is 1. The van der Waals surface area contributed by atoms with Gasteiger partial charge < -0.3 is 10.8 Å². The molecule has 92 valence electrons. The average molecular weight is 278 g/mol. The second kappa shape index (κ2) is 4.46. The lowest BCUT2D eigenvalue weighted by atomic mass is 10.3. The number of benzene rings is 1. The third-order valence-corrected chi connectivity index (χ3v) is 3.64. The lowest BCUT2D eigenvalue weighted by Crippen LogP contribution is -2.11. The molecule has 0 radical (unpaired) electrons. The van der Waals surface area contributed by atoms with Gasteiger partial charge in [0.1, 0.15) is 0 Å². The van der Waals surface area contributed by atoms with Crippen molar-refractivity contribution in [3.63, 3.8) is 0 Å². The molecule has 0 saturated heterocycles. The minimum atomic E-state index is 0.412. The summed E-state index contributed by atoms with van der Waals surface area (Å²) in [6, 6.07) is 7.89. The lowest BCUT2D eigenvalue weighted by molar-refractivity contribution is 0.903. The largest absolute Gasteiger partial charge is 0.335 e. The van der Waals surface area contributed by atoms with E-state index in [9.17, 15) is 0 Å². The molecule has 18 heavy (non-hydrogen) atoms. The first kappa shape index (κ1) is 11.3. The Morgan fingerprint density at radius 3 is 2.94 bits per heavy atom. The highest BCUT2D eigenvalue weighted by molar-refractivity contribution is 7.98. The molecule has 0 saturated carbocycles. The van der Waals surface area contributed by atoms with E-state index in [2.05, 4.69) is 20.2 Å². The number of hydrogen-bond acceptors (Lipinski definition) is 5. The first-order valence-corrected chi connectivity index (χ1v) is 6.62. The van der Waals surface area contributed by atoms with E-state index in [4.69, 9.17) is 18.1 Å². The minimum Gasteiger partial charge on any atom is -0.335 e. The Balaban J connectivity index is 1.81. The van der Waals surface area contributed by atoms with Crippen LogP contribution >= 0.6 is 24.0 Å². The Bertz CT molecular complexity index is 707. The standard InChI is InChI=1S/C10H10N6S2/c11-16-8(14-15-10(16)17)5-18-9-12-6-3-1-2-4-7(6)13-9/h1-4H,5,11H2,(H,12,13)(H,15,17). The molecule has 1 aromatic carbocycles. The summed E-state index contributed by atoms with van der Waals surface area (Å²) in [5, 5.41) is 7.53. The smallest absolute Gasteiger partial charge is 0.214 e. The molecule has 0 aliphatic rings. The fourth-order valence-corrected chi connectivity index (χ4v) is 2.54. The number of nitrogens with one attached hydrogen (secondary N) is 2. The van der Waals surface area contributed by atoms with Crippen molar-refractivity contribution in [1.82, 2.24) is 24.8 Å². The van der Waals surface area contributed by atoms with Crippen molar-refractivity contribution in [2.75, 3.05) is 5.84 Å². The number of hydrogen-bond donors (Lipinski definition) is 3. The molecule has 0 aliphatic carbocycles. The predicted molar refractivity (Wildman–Crippen MR) is 73.2 cm³/mol. The monoisotopic (exact) mass is 278 g/mol. The molecule has 0 fully saturated rings. The average Bonchev–Trinajstić information content (AvgIpc) is 2.92. The number of fused-ring (bicyclic) bond motifs is 1. The van der Waals surface area contributed by atoms with Gasteiger partial charge in [-0.15, -0.1) is 0 Å². The van der Waals surface area contributed by atoms with Crippen LogP contribution in [0.25, 0.3) is 11.0 Å². The van der Waals surface area contributed by atoms with Gasteiger partial charge in [0.2, 0.25) is 4.77 Å². The van der Waals surface area contributed by atoms with Crippen LogP contribution in [0.3, 0.4) is 0 Å². The zero-order chi connectivity index (χ0) is 12.5. The molecule has 8 heteroatoms. The molecule has 0 spiro atoms. The molecule has 0 aliphatic heterocycles. The van der Waals surface area contributed by atoms with E-state index in [0.29, 0.717) is 16.3 Å². The van der Waals surface area contributed by atoms with Crippen molar-refractivity contribution in [2.45, 2.75) is 10.9 Å². The van der Waals surface area contributed by atoms with E-state index in [-0.39, 0.29) is 0 Å². The van der Waals surface area contributed by atoms with Crippen LogP contribution in [-0.2, 0) is 5.75 Å². The summed E-state index contributed by atoms with van der Waals surface area (Å²) < 4.78 is 1.78. The van der Waals surface area contributed by atoms with Crippen LogP contribution in [0.15, 0.2) is 29.4 Å². The van der Waals surface area contributed by atoms with Gasteiger partial charge in [-0.2, -0.15) is 5.10 Å². The van der Waals surface area contributed by atoms with Crippen molar-refractivity contribution in [3.05, 3.63) is 34.9 Å². The van der Waals surface area contributed by atoms with E-state index in [1.807, 2.05) is 24.3 Å². The van der Waals surface area contributed by atoms with Crippen LogP contribution in [0.5, 0.6) is 0 Å². The fourth-order valence-electron chi connectivity index (χ4n) is 1.57. The van der Waals surface area contributed by atoms with Crippen molar-refractivity contribution < 1.29 is 0 Å². The number of nitrogens with two attached hydrogens (primary N) is 1. The first-order valence-electron chi connectivity index (χ1n) is 5.23. The van der Waals surface area contributed by atoms with Gasteiger partial charge >= 0.3 is 0 Å². The van der Waals surface area contributed by atoms with Gasteiger partial charge in [-0.3, -0.25) is 5.10 Å². The summed E-state index contributed by atoms with van der Waals surface area (Å²) in [4.78, 5) is 7.69. The van der Waals surface area contributed by atoms with E-state index in [1.165, 1.54) is 16.4 Å². The molecule has 4 N–H and O–H groups in total. The predicted octanol–water partition coefficient (Wildman–Crippen LogP) is 1.82. The van der Waals surface area contributed by atoms with Gasteiger partial charge in [0.15, 0.2) is 11.0 Å². The van der Waals surface area contributed by atoms with Crippen LogP contribution in [0.4, 0.5) is 0 Å². The fraction of sp³-hybridized carbons (Fsp3) is 0.100. The minimum absolute atomic E-state index is 0.412. The molecule has 2 aromatic heterocycles. The number of H-pyrrole nitrogens is 2. The second-order valence-electron chi connectivity index (χ2n) is 3.66. The number of imidazole rings is 1. The Morgan fingerprint density at radius 1 is 1.39 bits per heavy atom. The molecule has 3 rings (SSSR count). The Morgan fingerprint density at radius 2 is 2.22 bits per heavy atom. The van der Waals surface area contributed by atoms with Crippen molar-refractivity contribution in [3.8, 4) is 0 Å². The summed E-state index contributed by atoms with van der Waals surface area (Å²) in [5.74, 6) is 7.00. The van der Waals surface area contributed by atoms with Gasteiger partial charge in [-0.1, -0.05) is 23.9 Å². The highest BCUT2D eigenvalue weighted by atomic mass is 32.2. The first-order chi connectivity index (χ1) is 8.74. The van der Waals surface area contributed by atoms with E-state index in [0.717, 1.165) is 16.2 Å². The van der Waals surface area contributed by atoms with Crippen LogP contribution in [0.2, 0.25) is 0 Å². The maximum atomic E-state index is 5.72. The summed E-state index contributed by atoms with van der Waals surface area (Å²) in [6.45, 7) is 0. The van der Waals surface area contributed by atoms with Crippen LogP contribution < -0.4 is 5.84 Å². The van der Waals surface area contributed by atoms with Gasteiger partial charge in [-0.25, -0.2) is 9.66 Å².